The summed E-state index contributed by atoms with van der Waals surface area (Å²) in [6.45, 7) is 1.85. The van der Waals surface area contributed by atoms with Crippen LogP contribution in [0.15, 0.2) is 23.1 Å². The lowest BCUT2D eigenvalue weighted by Gasteiger charge is -2.14. The Balaban J connectivity index is 3.27. The zero-order valence-corrected chi connectivity index (χ0v) is 12.5. The van der Waals surface area contributed by atoms with Crippen LogP contribution >= 0.6 is 0 Å². The molecule has 0 aliphatic heterocycles. The maximum Gasteiger partial charge on any atom is 0.339 e. The second-order valence-corrected chi connectivity index (χ2v) is 5.94. The zero-order valence-electron chi connectivity index (χ0n) is 11.7. The van der Waals surface area contributed by atoms with Crippen molar-refractivity contribution < 1.29 is 22.3 Å². The summed E-state index contributed by atoms with van der Waals surface area (Å²) in [5, 5.41) is 0. The number of rotatable bonds is 6. The van der Waals surface area contributed by atoms with Crippen LogP contribution in [0.1, 0.15) is 30.1 Å². The van der Waals surface area contributed by atoms with Gasteiger partial charge in [-0.25, -0.2) is 17.6 Å². The summed E-state index contributed by atoms with van der Waals surface area (Å²) in [6.07, 6.45) is 6.36. The lowest BCUT2D eigenvalue weighted by molar-refractivity contribution is 0.0596. The van der Waals surface area contributed by atoms with E-state index in [0.29, 0.717) is 12.8 Å². The molecule has 0 bridgehead atoms. The van der Waals surface area contributed by atoms with Crippen molar-refractivity contribution in [2.75, 3.05) is 7.11 Å². The minimum atomic E-state index is -4.14. The summed E-state index contributed by atoms with van der Waals surface area (Å²) in [7, 11) is -3.03. The highest BCUT2D eigenvalue weighted by Crippen LogP contribution is 2.19. The fourth-order valence-electron chi connectivity index (χ4n) is 1.71. The van der Waals surface area contributed by atoms with Gasteiger partial charge in [-0.1, -0.05) is 19.3 Å². The number of carbonyl (C=O) groups is 1. The van der Waals surface area contributed by atoms with E-state index in [1.807, 2.05) is 6.92 Å². The van der Waals surface area contributed by atoms with Gasteiger partial charge in [-0.3, -0.25) is 0 Å². The van der Waals surface area contributed by atoms with Gasteiger partial charge in [0.1, 0.15) is 5.82 Å². The lowest BCUT2D eigenvalue weighted by atomic mass is 10.2. The van der Waals surface area contributed by atoms with Gasteiger partial charge in [0.2, 0.25) is 10.0 Å². The van der Waals surface area contributed by atoms with Gasteiger partial charge in [-0.05, 0) is 24.6 Å². The summed E-state index contributed by atoms with van der Waals surface area (Å²) in [5.41, 5.74) is -0.251. The highest BCUT2D eigenvalue weighted by atomic mass is 32.2. The summed E-state index contributed by atoms with van der Waals surface area (Å²) >= 11 is 0. The predicted octanol–water partition coefficient (Wildman–Crippen LogP) is 1.69. The molecule has 0 heterocycles. The first kappa shape index (κ1) is 17.1. The lowest BCUT2D eigenvalue weighted by Crippen LogP contribution is -2.34. The van der Waals surface area contributed by atoms with Crippen LogP contribution in [0.2, 0.25) is 0 Å². The normalized spacial score (nSPS) is 12.5. The van der Waals surface area contributed by atoms with Crippen LogP contribution < -0.4 is 4.72 Å². The number of methoxy groups -OCH3 is 1. The second-order valence-electron chi connectivity index (χ2n) is 4.26. The van der Waals surface area contributed by atoms with Crippen molar-refractivity contribution in [1.82, 2.24) is 4.72 Å². The van der Waals surface area contributed by atoms with E-state index < -0.39 is 32.7 Å². The highest BCUT2D eigenvalue weighted by molar-refractivity contribution is 7.89. The van der Waals surface area contributed by atoms with Crippen LogP contribution in [0.4, 0.5) is 4.39 Å². The van der Waals surface area contributed by atoms with E-state index in [1.54, 1.807) is 0 Å². The van der Waals surface area contributed by atoms with Gasteiger partial charge in [0.05, 0.1) is 23.6 Å². The molecule has 1 unspecified atom stereocenters. The highest BCUT2D eigenvalue weighted by Gasteiger charge is 2.25. The molecule has 0 saturated carbocycles. The Bertz CT molecular complexity index is 664. The van der Waals surface area contributed by atoms with Gasteiger partial charge in [-0.15, -0.1) is 6.42 Å². The molecular formula is C14H16FNO4S. The molecule has 0 spiro atoms. The molecule has 0 amide bonds. The average molecular weight is 313 g/mol. The third-order valence-electron chi connectivity index (χ3n) is 2.71. The number of halogens is 1. The molecule has 0 saturated heterocycles. The van der Waals surface area contributed by atoms with Crippen molar-refractivity contribution >= 4 is 16.0 Å². The van der Waals surface area contributed by atoms with E-state index in [9.17, 15) is 17.6 Å². The van der Waals surface area contributed by atoms with Crippen LogP contribution in [0.3, 0.4) is 0 Å². The van der Waals surface area contributed by atoms with E-state index >= 15 is 0 Å². The zero-order chi connectivity index (χ0) is 16.0. The Morgan fingerprint density at radius 3 is 2.71 bits per heavy atom. The second kappa shape index (κ2) is 7.20. The Kier molecular flexibility index (Phi) is 5.88. The number of esters is 1. The number of nitrogens with one attached hydrogen (secondary N) is 1. The largest absolute Gasteiger partial charge is 0.465 e. The molecule has 0 aliphatic rings. The minimum absolute atomic E-state index is 0.251. The summed E-state index contributed by atoms with van der Waals surface area (Å²) in [4.78, 5) is 11.1. The van der Waals surface area contributed by atoms with E-state index in [-0.39, 0.29) is 5.56 Å². The Hall–Kier alpha value is -1.91. The molecular weight excluding hydrogens is 297 g/mol. The number of sulfonamides is 1. The molecule has 1 aromatic carbocycles. The van der Waals surface area contributed by atoms with Crippen LogP contribution in [0.25, 0.3) is 0 Å². The topological polar surface area (TPSA) is 72.5 Å². The van der Waals surface area contributed by atoms with Crippen LogP contribution in [0, 0.1) is 18.2 Å². The molecule has 1 N–H and O–H groups in total. The molecule has 21 heavy (non-hydrogen) atoms. The Morgan fingerprint density at radius 2 is 2.19 bits per heavy atom. The van der Waals surface area contributed by atoms with Crippen molar-refractivity contribution in [2.24, 2.45) is 0 Å². The maximum absolute atomic E-state index is 13.3. The van der Waals surface area contributed by atoms with E-state index in [0.717, 1.165) is 25.3 Å². The fraction of sp³-hybridized carbons (Fsp3) is 0.357. The van der Waals surface area contributed by atoms with E-state index in [1.165, 1.54) is 0 Å². The molecule has 7 heteroatoms. The first-order valence-electron chi connectivity index (χ1n) is 6.22. The molecule has 0 aliphatic carbocycles. The van der Waals surface area contributed by atoms with Crippen LogP contribution in [0.5, 0.6) is 0 Å². The molecule has 1 atom stereocenters. The van der Waals surface area contributed by atoms with Crippen molar-refractivity contribution in [3.63, 3.8) is 0 Å². The number of carbonyl (C=O) groups excluding carboxylic acids is 1. The third kappa shape index (κ3) is 4.28. The SMILES string of the molecule is C#CC(CCC)NS(=O)(=O)c1cc(F)ccc1C(=O)OC. The minimum Gasteiger partial charge on any atom is -0.465 e. The Labute approximate surface area is 123 Å². The number of ether oxygens (including phenoxy) is 1. The number of hydrogen-bond donors (Lipinski definition) is 1. The summed E-state index contributed by atoms with van der Waals surface area (Å²) in [6, 6.07) is 2.07. The molecule has 0 fully saturated rings. The van der Waals surface area contributed by atoms with Crippen molar-refractivity contribution in [3.05, 3.63) is 29.6 Å². The smallest absolute Gasteiger partial charge is 0.339 e. The first-order chi connectivity index (χ1) is 9.85. The molecule has 0 radical (unpaired) electrons. The molecule has 114 valence electrons. The monoisotopic (exact) mass is 313 g/mol. The van der Waals surface area contributed by atoms with E-state index in [2.05, 4.69) is 15.4 Å². The average Bonchev–Trinajstić information content (AvgIpc) is 2.45. The van der Waals surface area contributed by atoms with Gasteiger partial charge in [0.25, 0.3) is 0 Å². The molecule has 1 rings (SSSR count). The molecule has 1 aromatic rings. The third-order valence-corrected chi connectivity index (χ3v) is 4.23. The van der Waals surface area contributed by atoms with Crippen molar-refractivity contribution in [1.29, 1.82) is 0 Å². The van der Waals surface area contributed by atoms with Gasteiger partial charge in [-0.2, -0.15) is 4.72 Å². The summed E-state index contributed by atoms with van der Waals surface area (Å²) < 4.78 is 44.7. The quantitative estimate of drug-likeness (QED) is 0.641. The van der Waals surface area contributed by atoms with Gasteiger partial charge in [0, 0.05) is 0 Å². The number of hydrogen-bond acceptors (Lipinski definition) is 4. The number of terminal acetylenes is 1. The van der Waals surface area contributed by atoms with Crippen LogP contribution in [-0.2, 0) is 14.8 Å². The first-order valence-corrected chi connectivity index (χ1v) is 7.70. The Morgan fingerprint density at radius 1 is 1.52 bits per heavy atom. The van der Waals surface area contributed by atoms with Crippen LogP contribution in [-0.4, -0.2) is 27.5 Å². The van der Waals surface area contributed by atoms with Gasteiger partial charge < -0.3 is 4.74 Å². The number of benzene rings is 1. The summed E-state index contributed by atoms with van der Waals surface area (Å²) in [5.74, 6) is 0.652. The van der Waals surface area contributed by atoms with Crippen molar-refractivity contribution in [3.8, 4) is 12.3 Å². The van der Waals surface area contributed by atoms with Gasteiger partial charge >= 0.3 is 5.97 Å². The molecule has 5 nitrogen and oxygen atoms in total. The van der Waals surface area contributed by atoms with Crippen molar-refractivity contribution in [2.45, 2.75) is 30.7 Å². The maximum atomic E-state index is 13.3. The standard InChI is InChI=1S/C14H16FNO4S/c1-4-6-11(5-2)16-21(18,19)13-9-10(15)7-8-12(13)14(17)20-3/h2,7-9,11,16H,4,6H2,1,3H3. The van der Waals surface area contributed by atoms with Gasteiger partial charge in [0.15, 0.2) is 0 Å². The predicted molar refractivity (Wildman–Crippen MR) is 75.6 cm³/mol. The van der Waals surface area contributed by atoms with E-state index in [4.69, 9.17) is 6.42 Å². The fourth-order valence-corrected chi connectivity index (χ4v) is 3.11. The molecule has 0 aromatic heterocycles.